The molecule has 2 heterocycles. The number of piperazine rings is 1. The van der Waals surface area contributed by atoms with Crippen LogP contribution in [-0.4, -0.2) is 74.1 Å². The van der Waals surface area contributed by atoms with E-state index in [1.807, 2.05) is 24.0 Å². The van der Waals surface area contributed by atoms with E-state index < -0.39 is 0 Å². The van der Waals surface area contributed by atoms with Gasteiger partial charge < -0.3 is 24.3 Å². The summed E-state index contributed by atoms with van der Waals surface area (Å²) in [6.07, 6.45) is 3.42. The van der Waals surface area contributed by atoms with Crippen LogP contribution in [0, 0.1) is 0 Å². The van der Waals surface area contributed by atoms with Gasteiger partial charge in [0.25, 0.3) is 0 Å². The monoisotopic (exact) mass is 350 g/mol. The van der Waals surface area contributed by atoms with Crippen molar-refractivity contribution in [3.05, 3.63) is 24.2 Å². The number of nitrogens with zero attached hydrogens (tertiary/aromatic N) is 3. The van der Waals surface area contributed by atoms with Crippen LogP contribution in [0.5, 0.6) is 0 Å². The molecule has 1 aromatic rings. The van der Waals surface area contributed by atoms with Crippen LogP contribution in [0.15, 0.2) is 27.8 Å². The smallest absolute Gasteiger partial charge is 0.219 e. The summed E-state index contributed by atoms with van der Waals surface area (Å²) in [5.41, 5.74) is 0. The summed E-state index contributed by atoms with van der Waals surface area (Å²) in [6.45, 7) is 9.69. The molecule has 0 unspecified atom stereocenters. The van der Waals surface area contributed by atoms with Crippen molar-refractivity contribution in [2.75, 3.05) is 52.5 Å². The summed E-state index contributed by atoms with van der Waals surface area (Å²) in [6, 6.07) is 3.88. The lowest BCUT2D eigenvalue weighted by Gasteiger charge is -2.36. The fourth-order valence-corrected chi connectivity index (χ4v) is 2.75. The molecule has 140 valence electrons. The van der Waals surface area contributed by atoms with Crippen LogP contribution >= 0.6 is 0 Å². The molecule has 0 saturated carbocycles. The molecule has 0 aliphatic carbocycles. The first-order valence-corrected chi connectivity index (χ1v) is 9.09. The lowest BCUT2D eigenvalue weighted by Crippen LogP contribution is -2.53. The quantitative estimate of drug-likeness (QED) is 0.435. The first-order chi connectivity index (χ1) is 12.2. The number of rotatable bonds is 8. The second-order valence-corrected chi connectivity index (χ2v) is 6.01. The Hall–Kier alpha value is -2.02. The van der Waals surface area contributed by atoms with Crippen molar-refractivity contribution in [1.29, 1.82) is 0 Å². The zero-order valence-electron chi connectivity index (χ0n) is 15.4. The average Bonchev–Trinajstić information content (AvgIpc) is 3.13. The third-order valence-electron chi connectivity index (χ3n) is 4.17. The minimum atomic E-state index is 0.139. The fraction of sp³-hybridized carbons (Fsp3) is 0.667. The van der Waals surface area contributed by atoms with Gasteiger partial charge in [-0.25, -0.2) is 0 Å². The number of furan rings is 1. The molecule has 7 nitrogen and oxygen atoms in total. The normalized spacial score (nSPS) is 15.5. The number of carbonyl (C=O) groups excluding carboxylic acids is 1. The number of carbonyl (C=O) groups is 1. The summed E-state index contributed by atoms with van der Waals surface area (Å²) in [4.78, 5) is 20.3. The Kier molecular flexibility index (Phi) is 8.31. The van der Waals surface area contributed by atoms with Crippen molar-refractivity contribution in [3.63, 3.8) is 0 Å². The van der Waals surface area contributed by atoms with Crippen molar-refractivity contribution < 1.29 is 13.9 Å². The van der Waals surface area contributed by atoms with E-state index in [2.05, 4.69) is 10.2 Å². The number of aliphatic imine (C=N–C) groups is 1. The first-order valence-electron chi connectivity index (χ1n) is 9.09. The molecule has 0 atom stereocenters. The van der Waals surface area contributed by atoms with E-state index in [-0.39, 0.29) is 5.91 Å². The lowest BCUT2D eigenvalue weighted by molar-refractivity contribution is -0.130. The fourth-order valence-electron chi connectivity index (χ4n) is 2.75. The molecule has 1 aromatic heterocycles. The standard InChI is InChI=1S/C18H30N4O3/c1-3-24-14-5-8-19-18(20-9-7-17-6-4-15-25-17)22-12-10-21(11-13-22)16(2)23/h4,6,15H,3,5,7-14H2,1-2H3,(H,19,20). The molecule has 1 aliphatic rings. The van der Waals surface area contributed by atoms with Crippen LogP contribution in [0.2, 0.25) is 0 Å². The number of nitrogens with one attached hydrogen (secondary N) is 1. The second-order valence-electron chi connectivity index (χ2n) is 6.01. The summed E-state index contributed by atoms with van der Waals surface area (Å²) in [5.74, 6) is 2.01. The van der Waals surface area contributed by atoms with Crippen LogP contribution in [-0.2, 0) is 16.0 Å². The van der Waals surface area contributed by atoms with E-state index in [9.17, 15) is 4.79 Å². The number of ether oxygens (including phenoxy) is 1. The van der Waals surface area contributed by atoms with E-state index in [0.29, 0.717) is 0 Å². The zero-order chi connectivity index (χ0) is 17.9. The molecule has 1 aliphatic heterocycles. The predicted molar refractivity (Wildman–Crippen MR) is 97.7 cm³/mol. The highest BCUT2D eigenvalue weighted by molar-refractivity contribution is 5.80. The average molecular weight is 350 g/mol. The van der Waals surface area contributed by atoms with Gasteiger partial charge in [0.1, 0.15) is 5.76 Å². The van der Waals surface area contributed by atoms with Gasteiger partial charge in [-0.05, 0) is 25.5 Å². The summed E-state index contributed by atoms with van der Waals surface area (Å²) < 4.78 is 10.7. The molecule has 25 heavy (non-hydrogen) atoms. The molecule has 1 saturated heterocycles. The highest BCUT2D eigenvalue weighted by Crippen LogP contribution is 2.04. The molecular formula is C18H30N4O3. The van der Waals surface area contributed by atoms with Gasteiger partial charge in [-0.15, -0.1) is 0 Å². The van der Waals surface area contributed by atoms with Gasteiger partial charge in [0, 0.05) is 65.8 Å². The summed E-state index contributed by atoms with van der Waals surface area (Å²) >= 11 is 0. The highest BCUT2D eigenvalue weighted by atomic mass is 16.5. The van der Waals surface area contributed by atoms with Crippen LogP contribution < -0.4 is 5.32 Å². The van der Waals surface area contributed by atoms with Gasteiger partial charge in [0.05, 0.1) is 6.26 Å². The number of amides is 1. The van der Waals surface area contributed by atoms with Crippen LogP contribution in [0.1, 0.15) is 26.0 Å². The first kappa shape index (κ1) is 19.3. The Morgan fingerprint density at radius 1 is 1.32 bits per heavy atom. The molecule has 1 amide bonds. The summed E-state index contributed by atoms with van der Waals surface area (Å²) in [7, 11) is 0. The third kappa shape index (κ3) is 6.78. The molecule has 1 N–H and O–H groups in total. The summed E-state index contributed by atoms with van der Waals surface area (Å²) in [5, 5.41) is 3.43. The molecule has 0 spiro atoms. The number of guanidine groups is 1. The van der Waals surface area contributed by atoms with Gasteiger partial charge in [0.2, 0.25) is 5.91 Å². The Labute approximate surface area is 150 Å². The maximum absolute atomic E-state index is 11.5. The van der Waals surface area contributed by atoms with Crippen LogP contribution in [0.3, 0.4) is 0 Å². The van der Waals surface area contributed by atoms with E-state index in [4.69, 9.17) is 14.1 Å². The van der Waals surface area contributed by atoms with Gasteiger partial charge in [-0.1, -0.05) is 0 Å². The molecule has 0 aromatic carbocycles. The number of hydrogen-bond acceptors (Lipinski definition) is 4. The van der Waals surface area contributed by atoms with Crippen molar-refractivity contribution in [1.82, 2.24) is 15.1 Å². The van der Waals surface area contributed by atoms with Crippen LogP contribution in [0.25, 0.3) is 0 Å². The Balaban J connectivity index is 1.84. The Bertz CT molecular complexity index is 522. The second kappa shape index (κ2) is 10.8. The van der Waals surface area contributed by atoms with E-state index in [1.165, 1.54) is 0 Å². The molecule has 2 rings (SSSR count). The van der Waals surface area contributed by atoms with Crippen molar-refractivity contribution in [2.45, 2.75) is 26.7 Å². The van der Waals surface area contributed by atoms with Crippen molar-refractivity contribution >= 4 is 11.9 Å². The maximum Gasteiger partial charge on any atom is 0.219 e. The van der Waals surface area contributed by atoms with Gasteiger partial charge in [-0.3, -0.25) is 9.79 Å². The Morgan fingerprint density at radius 3 is 2.72 bits per heavy atom. The SMILES string of the molecule is CCOCCCN=C(NCCc1ccco1)N1CCN(C(C)=O)CC1. The highest BCUT2D eigenvalue weighted by Gasteiger charge is 2.20. The van der Waals surface area contributed by atoms with E-state index in [0.717, 1.165) is 77.0 Å². The molecular weight excluding hydrogens is 320 g/mol. The lowest BCUT2D eigenvalue weighted by atomic mass is 10.3. The van der Waals surface area contributed by atoms with E-state index >= 15 is 0 Å². The number of hydrogen-bond donors (Lipinski definition) is 1. The van der Waals surface area contributed by atoms with E-state index in [1.54, 1.807) is 13.2 Å². The predicted octanol–water partition coefficient (Wildman–Crippen LogP) is 1.36. The maximum atomic E-state index is 11.5. The topological polar surface area (TPSA) is 70.3 Å². The molecule has 1 fully saturated rings. The third-order valence-corrected chi connectivity index (χ3v) is 4.17. The van der Waals surface area contributed by atoms with Gasteiger partial charge in [-0.2, -0.15) is 0 Å². The zero-order valence-corrected chi connectivity index (χ0v) is 15.4. The minimum Gasteiger partial charge on any atom is -0.469 e. The largest absolute Gasteiger partial charge is 0.469 e. The van der Waals surface area contributed by atoms with Gasteiger partial charge >= 0.3 is 0 Å². The van der Waals surface area contributed by atoms with Crippen molar-refractivity contribution in [3.8, 4) is 0 Å². The van der Waals surface area contributed by atoms with Gasteiger partial charge in [0.15, 0.2) is 5.96 Å². The van der Waals surface area contributed by atoms with Crippen LogP contribution in [0.4, 0.5) is 0 Å². The molecule has 7 heteroatoms. The molecule has 0 radical (unpaired) electrons. The van der Waals surface area contributed by atoms with Crippen molar-refractivity contribution in [2.24, 2.45) is 4.99 Å². The Morgan fingerprint density at radius 2 is 2.08 bits per heavy atom. The molecule has 0 bridgehead atoms. The minimum absolute atomic E-state index is 0.139.